The van der Waals surface area contributed by atoms with Crippen LogP contribution in [-0.4, -0.2) is 18.1 Å². The Morgan fingerprint density at radius 1 is 1.33 bits per heavy atom. The van der Waals surface area contributed by atoms with E-state index in [4.69, 9.17) is 5.26 Å². The molecule has 78 valence electrons. The lowest BCUT2D eigenvalue weighted by Crippen LogP contribution is -2.29. The zero-order valence-corrected chi connectivity index (χ0v) is 9.03. The lowest BCUT2D eigenvalue weighted by Gasteiger charge is -2.28. The van der Waals surface area contributed by atoms with Gasteiger partial charge in [0.2, 0.25) is 0 Å². The number of rotatable bonds is 1. The second kappa shape index (κ2) is 4.31. The van der Waals surface area contributed by atoms with Crippen LogP contribution in [0.3, 0.4) is 0 Å². The van der Waals surface area contributed by atoms with Gasteiger partial charge in [0, 0.05) is 13.1 Å². The van der Waals surface area contributed by atoms with Crippen LogP contribution in [0.25, 0.3) is 0 Å². The minimum atomic E-state index is 0.538. The molecule has 1 aliphatic heterocycles. The molecule has 0 saturated carbocycles. The molecule has 1 fully saturated rings. The molecule has 0 unspecified atom stereocenters. The van der Waals surface area contributed by atoms with Crippen LogP contribution in [0.5, 0.6) is 0 Å². The first kappa shape index (κ1) is 9.97. The zero-order valence-electron chi connectivity index (χ0n) is 9.03. The fourth-order valence-corrected chi connectivity index (χ4v) is 2.00. The maximum atomic E-state index is 8.79. The van der Waals surface area contributed by atoms with Crippen LogP contribution < -0.4 is 4.90 Å². The summed E-state index contributed by atoms with van der Waals surface area (Å²) in [4.78, 5) is 6.52. The fourth-order valence-electron chi connectivity index (χ4n) is 2.00. The molecule has 0 amide bonds. The predicted molar refractivity (Wildman–Crippen MR) is 59.8 cm³/mol. The van der Waals surface area contributed by atoms with E-state index in [9.17, 15) is 0 Å². The number of piperidine rings is 1. The topological polar surface area (TPSA) is 39.9 Å². The van der Waals surface area contributed by atoms with Crippen molar-refractivity contribution in [3.8, 4) is 6.07 Å². The van der Waals surface area contributed by atoms with Gasteiger partial charge >= 0.3 is 0 Å². The summed E-state index contributed by atoms with van der Waals surface area (Å²) in [6.45, 7) is 4.18. The molecular formula is C12H15N3. The van der Waals surface area contributed by atoms with Gasteiger partial charge in [0.1, 0.15) is 11.8 Å². The van der Waals surface area contributed by atoms with Crippen LogP contribution >= 0.6 is 0 Å². The Morgan fingerprint density at radius 2 is 2.07 bits per heavy atom. The summed E-state index contributed by atoms with van der Waals surface area (Å²) < 4.78 is 0. The molecule has 0 bridgehead atoms. The van der Waals surface area contributed by atoms with Crippen LogP contribution in [0, 0.1) is 18.3 Å². The largest absolute Gasteiger partial charge is 0.370 e. The molecule has 1 aliphatic rings. The standard InChI is InChI=1S/C12H15N3/c1-10-7-11(9-14-12(10)8-13)15-5-3-2-4-6-15/h7,9H,2-6H2,1H3. The van der Waals surface area contributed by atoms with Crippen molar-refractivity contribution in [3.63, 3.8) is 0 Å². The highest BCUT2D eigenvalue weighted by Crippen LogP contribution is 2.20. The van der Waals surface area contributed by atoms with Gasteiger partial charge in [-0.2, -0.15) is 5.26 Å². The van der Waals surface area contributed by atoms with Crippen molar-refractivity contribution in [1.82, 2.24) is 4.98 Å². The smallest absolute Gasteiger partial charge is 0.143 e. The van der Waals surface area contributed by atoms with Gasteiger partial charge < -0.3 is 4.90 Å². The zero-order chi connectivity index (χ0) is 10.7. The summed E-state index contributed by atoms with van der Waals surface area (Å²) in [5, 5.41) is 8.79. The number of nitriles is 1. The number of hydrogen-bond donors (Lipinski definition) is 0. The van der Waals surface area contributed by atoms with Gasteiger partial charge in [-0.1, -0.05) is 0 Å². The maximum Gasteiger partial charge on any atom is 0.143 e. The van der Waals surface area contributed by atoms with E-state index in [2.05, 4.69) is 22.0 Å². The average Bonchev–Trinajstić information content (AvgIpc) is 2.30. The van der Waals surface area contributed by atoms with Gasteiger partial charge in [-0.05, 0) is 37.8 Å². The molecule has 2 heterocycles. The molecule has 15 heavy (non-hydrogen) atoms. The minimum absolute atomic E-state index is 0.538. The van der Waals surface area contributed by atoms with Crippen LogP contribution in [-0.2, 0) is 0 Å². The predicted octanol–water partition coefficient (Wildman–Crippen LogP) is 2.25. The number of aromatic nitrogens is 1. The summed E-state index contributed by atoms with van der Waals surface area (Å²) in [7, 11) is 0. The second-order valence-electron chi connectivity index (χ2n) is 4.02. The molecule has 1 saturated heterocycles. The maximum absolute atomic E-state index is 8.79. The van der Waals surface area contributed by atoms with Crippen molar-refractivity contribution in [1.29, 1.82) is 5.26 Å². The Balaban J connectivity index is 2.22. The average molecular weight is 201 g/mol. The van der Waals surface area contributed by atoms with Gasteiger partial charge in [0.25, 0.3) is 0 Å². The van der Waals surface area contributed by atoms with E-state index in [0.29, 0.717) is 5.69 Å². The van der Waals surface area contributed by atoms with E-state index in [1.165, 1.54) is 19.3 Å². The van der Waals surface area contributed by atoms with Crippen molar-refractivity contribution in [2.75, 3.05) is 18.0 Å². The van der Waals surface area contributed by atoms with Crippen molar-refractivity contribution in [2.24, 2.45) is 0 Å². The Kier molecular flexibility index (Phi) is 2.86. The third kappa shape index (κ3) is 2.10. The SMILES string of the molecule is Cc1cc(N2CCCCC2)cnc1C#N. The first-order valence-corrected chi connectivity index (χ1v) is 5.43. The van der Waals surface area contributed by atoms with Gasteiger partial charge in [0.05, 0.1) is 11.9 Å². The van der Waals surface area contributed by atoms with E-state index >= 15 is 0 Å². The highest BCUT2D eigenvalue weighted by atomic mass is 15.1. The van der Waals surface area contributed by atoms with Crippen molar-refractivity contribution in [3.05, 3.63) is 23.5 Å². The van der Waals surface area contributed by atoms with E-state index < -0.39 is 0 Å². The molecule has 0 spiro atoms. The Hall–Kier alpha value is -1.56. The molecule has 1 aromatic rings. The number of hydrogen-bond acceptors (Lipinski definition) is 3. The van der Waals surface area contributed by atoms with E-state index in [1.807, 2.05) is 13.1 Å². The molecule has 0 N–H and O–H groups in total. The second-order valence-corrected chi connectivity index (χ2v) is 4.02. The van der Waals surface area contributed by atoms with Gasteiger partial charge in [-0.15, -0.1) is 0 Å². The van der Waals surface area contributed by atoms with Gasteiger partial charge in [-0.3, -0.25) is 0 Å². The van der Waals surface area contributed by atoms with Gasteiger partial charge in [-0.25, -0.2) is 4.98 Å². The first-order chi connectivity index (χ1) is 7.31. The molecule has 3 nitrogen and oxygen atoms in total. The molecule has 0 atom stereocenters. The molecule has 3 heteroatoms. The summed E-state index contributed by atoms with van der Waals surface area (Å²) in [6, 6.07) is 4.16. The normalized spacial score (nSPS) is 16.1. The Labute approximate surface area is 90.4 Å². The van der Waals surface area contributed by atoms with E-state index in [0.717, 1.165) is 24.3 Å². The molecule has 2 rings (SSSR count). The van der Waals surface area contributed by atoms with Crippen LogP contribution in [0.15, 0.2) is 12.3 Å². The molecule has 0 aliphatic carbocycles. The van der Waals surface area contributed by atoms with Crippen molar-refractivity contribution < 1.29 is 0 Å². The van der Waals surface area contributed by atoms with Crippen LogP contribution in [0.4, 0.5) is 5.69 Å². The monoisotopic (exact) mass is 201 g/mol. The third-order valence-corrected chi connectivity index (χ3v) is 2.89. The molecular weight excluding hydrogens is 186 g/mol. The quantitative estimate of drug-likeness (QED) is 0.699. The molecule has 1 aromatic heterocycles. The first-order valence-electron chi connectivity index (χ1n) is 5.43. The number of nitrogens with zero attached hydrogens (tertiary/aromatic N) is 3. The molecule has 0 radical (unpaired) electrons. The number of anilines is 1. The molecule has 0 aromatic carbocycles. The van der Waals surface area contributed by atoms with E-state index in [-0.39, 0.29) is 0 Å². The van der Waals surface area contributed by atoms with Crippen molar-refractivity contribution >= 4 is 5.69 Å². The third-order valence-electron chi connectivity index (χ3n) is 2.89. The summed E-state index contributed by atoms with van der Waals surface area (Å²) >= 11 is 0. The minimum Gasteiger partial charge on any atom is -0.370 e. The van der Waals surface area contributed by atoms with Crippen LogP contribution in [0.1, 0.15) is 30.5 Å². The Morgan fingerprint density at radius 3 is 2.67 bits per heavy atom. The summed E-state index contributed by atoms with van der Waals surface area (Å²) in [5.74, 6) is 0. The lowest BCUT2D eigenvalue weighted by atomic mass is 10.1. The highest BCUT2D eigenvalue weighted by molar-refractivity contribution is 5.49. The summed E-state index contributed by atoms with van der Waals surface area (Å²) in [5.41, 5.74) is 2.67. The number of pyridine rings is 1. The summed E-state index contributed by atoms with van der Waals surface area (Å²) in [6.07, 6.45) is 5.67. The highest BCUT2D eigenvalue weighted by Gasteiger charge is 2.12. The van der Waals surface area contributed by atoms with Gasteiger partial charge in [0.15, 0.2) is 0 Å². The van der Waals surface area contributed by atoms with Crippen LogP contribution in [0.2, 0.25) is 0 Å². The fraction of sp³-hybridized carbons (Fsp3) is 0.500. The Bertz CT molecular complexity index is 386. The lowest BCUT2D eigenvalue weighted by molar-refractivity contribution is 0.577. The van der Waals surface area contributed by atoms with Crippen molar-refractivity contribution in [2.45, 2.75) is 26.2 Å². The van der Waals surface area contributed by atoms with E-state index in [1.54, 1.807) is 0 Å². The number of aryl methyl sites for hydroxylation is 1.